The zero-order valence-electron chi connectivity index (χ0n) is 12.8. The van der Waals surface area contributed by atoms with Crippen molar-refractivity contribution in [2.45, 2.75) is 25.4 Å². The maximum Gasteiger partial charge on any atom is 0.416 e. The maximum atomic E-state index is 13.1. The molecule has 0 aliphatic carbocycles. The number of alkyl halides is 3. The molecule has 0 radical (unpaired) electrons. The molecule has 1 aromatic rings. The maximum absolute atomic E-state index is 13.1. The Balaban J connectivity index is 2.02. The molecule has 2 heterocycles. The average molecular weight is 342 g/mol. The molecule has 3 rings (SSSR count). The van der Waals surface area contributed by atoms with E-state index in [1.807, 2.05) is 4.90 Å². The van der Waals surface area contributed by atoms with Crippen LogP contribution >= 0.6 is 0 Å². The number of nitrogens with zero attached hydrogens (tertiary/aromatic N) is 2. The van der Waals surface area contributed by atoms with Crippen molar-refractivity contribution in [1.29, 1.82) is 0 Å². The van der Waals surface area contributed by atoms with Gasteiger partial charge in [0.1, 0.15) is 0 Å². The molecular weight excluding hydrogens is 325 g/mol. The van der Waals surface area contributed by atoms with Gasteiger partial charge in [-0.05, 0) is 31.0 Å². The van der Waals surface area contributed by atoms with Gasteiger partial charge in [-0.1, -0.05) is 0 Å². The number of benzene rings is 1. The van der Waals surface area contributed by atoms with Crippen molar-refractivity contribution in [3.8, 4) is 0 Å². The quantitative estimate of drug-likeness (QED) is 0.918. The van der Waals surface area contributed by atoms with Gasteiger partial charge in [-0.2, -0.15) is 13.2 Å². The van der Waals surface area contributed by atoms with Crippen LogP contribution in [0.25, 0.3) is 0 Å². The van der Waals surface area contributed by atoms with E-state index in [-0.39, 0.29) is 18.7 Å². The molecule has 1 atom stereocenters. The molecule has 5 nitrogen and oxygen atoms in total. The lowest BCUT2D eigenvalue weighted by Crippen LogP contribution is -2.29. The SMILES string of the molecule is O=C(O)C1CC(=O)N(c2cc(C(F)(F)F)ccc2N2CCCC2)C1. The number of hydrogen-bond acceptors (Lipinski definition) is 3. The molecule has 0 aromatic heterocycles. The van der Waals surface area contributed by atoms with Crippen LogP contribution in [-0.2, 0) is 15.8 Å². The van der Waals surface area contributed by atoms with Crippen molar-refractivity contribution in [2.75, 3.05) is 29.4 Å². The monoisotopic (exact) mass is 342 g/mol. The minimum atomic E-state index is -4.52. The lowest BCUT2D eigenvalue weighted by Gasteiger charge is -2.27. The first-order valence-electron chi connectivity index (χ1n) is 7.77. The number of carbonyl (C=O) groups excluding carboxylic acids is 1. The van der Waals surface area contributed by atoms with Crippen LogP contribution in [0.4, 0.5) is 24.5 Å². The lowest BCUT2D eigenvalue weighted by atomic mass is 10.1. The zero-order valence-corrected chi connectivity index (χ0v) is 12.8. The molecule has 2 aliphatic rings. The van der Waals surface area contributed by atoms with Crippen LogP contribution in [0.15, 0.2) is 18.2 Å². The van der Waals surface area contributed by atoms with E-state index in [4.69, 9.17) is 5.11 Å². The highest BCUT2D eigenvalue weighted by atomic mass is 19.4. The number of aliphatic carboxylic acids is 1. The Labute approximate surface area is 136 Å². The van der Waals surface area contributed by atoms with Gasteiger partial charge in [-0.15, -0.1) is 0 Å². The average Bonchev–Trinajstić information content (AvgIpc) is 3.15. The second-order valence-electron chi connectivity index (χ2n) is 6.14. The molecule has 1 amide bonds. The standard InChI is InChI=1S/C16H17F3N2O3/c17-16(18,19)11-3-4-12(20-5-1-2-6-20)13(8-11)21-9-10(15(23)24)7-14(21)22/h3-4,8,10H,1-2,5-7,9H2,(H,23,24). The molecular formula is C16H17F3N2O3. The Morgan fingerprint density at radius 3 is 2.38 bits per heavy atom. The normalized spacial score (nSPS) is 21.6. The van der Waals surface area contributed by atoms with Crippen molar-refractivity contribution in [3.63, 3.8) is 0 Å². The molecule has 1 N–H and O–H groups in total. The number of carbonyl (C=O) groups is 2. The summed E-state index contributed by atoms with van der Waals surface area (Å²) in [6, 6.07) is 3.34. The smallest absolute Gasteiger partial charge is 0.416 e. The Morgan fingerprint density at radius 2 is 1.83 bits per heavy atom. The predicted octanol–water partition coefficient (Wildman–Crippen LogP) is 2.74. The number of halogens is 3. The van der Waals surface area contributed by atoms with Crippen molar-refractivity contribution < 1.29 is 27.9 Å². The lowest BCUT2D eigenvalue weighted by molar-refractivity contribution is -0.141. The van der Waals surface area contributed by atoms with E-state index in [2.05, 4.69) is 0 Å². The zero-order chi connectivity index (χ0) is 17.5. The number of carboxylic acid groups (broad SMARTS) is 1. The van der Waals surface area contributed by atoms with E-state index in [1.54, 1.807) is 0 Å². The van der Waals surface area contributed by atoms with Gasteiger partial charge in [-0.25, -0.2) is 0 Å². The van der Waals surface area contributed by atoms with Gasteiger partial charge in [0.2, 0.25) is 5.91 Å². The second kappa shape index (κ2) is 5.99. The summed E-state index contributed by atoms with van der Waals surface area (Å²) in [6.45, 7) is 1.32. The molecule has 2 fully saturated rings. The van der Waals surface area contributed by atoms with Crippen molar-refractivity contribution >= 4 is 23.3 Å². The van der Waals surface area contributed by atoms with Crippen LogP contribution < -0.4 is 9.80 Å². The summed E-state index contributed by atoms with van der Waals surface area (Å²) in [4.78, 5) is 26.4. The van der Waals surface area contributed by atoms with Gasteiger partial charge < -0.3 is 14.9 Å². The van der Waals surface area contributed by atoms with Crippen molar-refractivity contribution in [1.82, 2.24) is 0 Å². The molecule has 24 heavy (non-hydrogen) atoms. The van der Waals surface area contributed by atoms with E-state index in [1.165, 1.54) is 11.0 Å². The summed E-state index contributed by atoms with van der Waals surface area (Å²) >= 11 is 0. The number of amides is 1. The third-order valence-corrected chi connectivity index (χ3v) is 4.51. The number of hydrogen-bond donors (Lipinski definition) is 1. The molecule has 1 unspecified atom stereocenters. The molecule has 130 valence electrons. The number of anilines is 2. The Bertz CT molecular complexity index is 669. The summed E-state index contributed by atoms with van der Waals surface area (Å²) in [5.74, 6) is -2.46. The number of carboxylic acids is 1. The molecule has 2 aliphatic heterocycles. The van der Waals surface area contributed by atoms with E-state index >= 15 is 0 Å². The molecule has 8 heteroatoms. The molecule has 0 saturated carbocycles. The Hall–Kier alpha value is -2.25. The van der Waals surface area contributed by atoms with Crippen LogP contribution in [0, 0.1) is 5.92 Å². The van der Waals surface area contributed by atoms with Crippen LogP contribution in [0.2, 0.25) is 0 Å². The molecule has 2 saturated heterocycles. The predicted molar refractivity (Wildman–Crippen MR) is 81.0 cm³/mol. The highest BCUT2D eigenvalue weighted by molar-refractivity contribution is 6.01. The fourth-order valence-electron chi connectivity index (χ4n) is 3.25. The van der Waals surface area contributed by atoms with Crippen LogP contribution in [0.3, 0.4) is 0 Å². The van der Waals surface area contributed by atoms with Gasteiger partial charge in [-0.3, -0.25) is 9.59 Å². The molecule has 0 spiro atoms. The Kier molecular flexibility index (Phi) is 4.15. The summed E-state index contributed by atoms with van der Waals surface area (Å²) in [5, 5.41) is 9.09. The second-order valence-corrected chi connectivity index (χ2v) is 6.14. The largest absolute Gasteiger partial charge is 0.481 e. The summed E-state index contributed by atoms with van der Waals surface area (Å²) in [5.41, 5.74) is -0.132. The molecule has 1 aromatic carbocycles. The van der Waals surface area contributed by atoms with Gasteiger partial charge in [0.25, 0.3) is 0 Å². The summed E-state index contributed by atoms with van der Waals surface area (Å²) in [7, 11) is 0. The number of rotatable bonds is 3. The fraction of sp³-hybridized carbons (Fsp3) is 0.500. The van der Waals surface area contributed by atoms with Crippen LogP contribution in [-0.4, -0.2) is 36.6 Å². The van der Waals surface area contributed by atoms with E-state index in [0.29, 0.717) is 18.8 Å². The van der Waals surface area contributed by atoms with Gasteiger partial charge >= 0.3 is 12.1 Å². The highest BCUT2D eigenvalue weighted by Gasteiger charge is 2.38. The first kappa shape index (κ1) is 16.6. The van der Waals surface area contributed by atoms with Crippen LogP contribution in [0.1, 0.15) is 24.8 Å². The Morgan fingerprint density at radius 1 is 1.17 bits per heavy atom. The van der Waals surface area contributed by atoms with E-state index in [9.17, 15) is 22.8 Å². The van der Waals surface area contributed by atoms with E-state index < -0.39 is 29.5 Å². The van der Waals surface area contributed by atoms with Crippen LogP contribution in [0.5, 0.6) is 0 Å². The first-order valence-corrected chi connectivity index (χ1v) is 7.77. The minimum absolute atomic E-state index is 0.101. The third kappa shape index (κ3) is 3.05. The third-order valence-electron chi connectivity index (χ3n) is 4.51. The topological polar surface area (TPSA) is 60.9 Å². The van der Waals surface area contributed by atoms with Crippen molar-refractivity contribution in [3.05, 3.63) is 23.8 Å². The first-order chi connectivity index (χ1) is 11.3. The summed E-state index contributed by atoms with van der Waals surface area (Å²) in [6.07, 6.45) is -2.84. The minimum Gasteiger partial charge on any atom is -0.481 e. The highest BCUT2D eigenvalue weighted by Crippen LogP contribution is 2.40. The van der Waals surface area contributed by atoms with Gasteiger partial charge in [0, 0.05) is 26.1 Å². The van der Waals surface area contributed by atoms with Gasteiger partial charge in [0.05, 0.1) is 22.9 Å². The fourth-order valence-corrected chi connectivity index (χ4v) is 3.25. The van der Waals surface area contributed by atoms with E-state index in [0.717, 1.165) is 25.0 Å². The van der Waals surface area contributed by atoms with Crippen molar-refractivity contribution in [2.24, 2.45) is 5.92 Å². The molecule has 0 bridgehead atoms. The van der Waals surface area contributed by atoms with Gasteiger partial charge in [0.15, 0.2) is 0 Å². The summed E-state index contributed by atoms with van der Waals surface area (Å²) < 4.78 is 39.2.